The van der Waals surface area contributed by atoms with Gasteiger partial charge in [0.05, 0.1) is 6.07 Å². The highest BCUT2D eigenvalue weighted by molar-refractivity contribution is 8.00. The SMILES string of the molecule is C#CCCCN1CCC(C#N)(SC)CC1. The molecule has 0 aromatic heterocycles. The van der Waals surface area contributed by atoms with Gasteiger partial charge in [-0.3, -0.25) is 0 Å². The van der Waals surface area contributed by atoms with Crippen LogP contribution in [0.1, 0.15) is 25.7 Å². The van der Waals surface area contributed by atoms with Crippen LogP contribution in [0.5, 0.6) is 0 Å². The molecule has 0 atom stereocenters. The molecule has 1 saturated heterocycles. The summed E-state index contributed by atoms with van der Waals surface area (Å²) < 4.78 is -0.122. The number of piperidine rings is 1. The minimum atomic E-state index is -0.122. The van der Waals surface area contributed by atoms with Gasteiger partial charge in [0.1, 0.15) is 4.75 Å². The third kappa shape index (κ3) is 3.45. The van der Waals surface area contributed by atoms with Crippen molar-refractivity contribution in [1.29, 1.82) is 5.26 Å². The minimum Gasteiger partial charge on any atom is -0.303 e. The van der Waals surface area contributed by atoms with E-state index in [0.717, 1.165) is 45.3 Å². The van der Waals surface area contributed by atoms with Crippen molar-refractivity contribution in [3.8, 4) is 18.4 Å². The second-order valence-corrected chi connectivity index (χ2v) is 5.15. The summed E-state index contributed by atoms with van der Waals surface area (Å²) in [6.45, 7) is 3.16. The molecule has 82 valence electrons. The smallest absolute Gasteiger partial charge is 0.104 e. The summed E-state index contributed by atoms with van der Waals surface area (Å²) >= 11 is 1.70. The number of likely N-dealkylation sites (tertiary alicyclic amines) is 1. The number of rotatable bonds is 4. The fraction of sp³-hybridized carbons (Fsp3) is 0.750. The van der Waals surface area contributed by atoms with Crippen molar-refractivity contribution >= 4 is 11.8 Å². The molecule has 0 N–H and O–H groups in total. The van der Waals surface area contributed by atoms with E-state index >= 15 is 0 Å². The molecule has 1 heterocycles. The number of thioether (sulfide) groups is 1. The Balaban J connectivity index is 2.30. The molecule has 1 fully saturated rings. The van der Waals surface area contributed by atoms with Crippen LogP contribution in [0.3, 0.4) is 0 Å². The maximum Gasteiger partial charge on any atom is 0.104 e. The quantitative estimate of drug-likeness (QED) is 0.538. The Kier molecular flexibility index (Phi) is 5.02. The van der Waals surface area contributed by atoms with E-state index in [-0.39, 0.29) is 4.75 Å². The van der Waals surface area contributed by atoms with E-state index in [1.165, 1.54) is 0 Å². The summed E-state index contributed by atoms with van der Waals surface area (Å²) in [5.41, 5.74) is 0. The number of nitriles is 1. The van der Waals surface area contributed by atoms with Crippen LogP contribution in [-0.4, -0.2) is 35.5 Å². The molecule has 2 nitrogen and oxygen atoms in total. The highest BCUT2D eigenvalue weighted by atomic mass is 32.2. The number of hydrogen-bond acceptors (Lipinski definition) is 3. The zero-order valence-corrected chi connectivity index (χ0v) is 10.1. The Hall–Kier alpha value is -0.640. The molecule has 0 spiro atoms. The molecule has 0 aromatic rings. The van der Waals surface area contributed by atoms with Crippen LogP contribution >= 0.6 is 11.8 Å². The first kappa shape index (κ1) is 12.4. The molecule has 1 aliphatic rings. The first-order valence-electron chi connectivity index (χ1n) is 5.38. The molecule has 0 saturated carbocycles. The molecule has 0 aromatic carbocycles. The highest BCUT2D eigenvalue weighted by Gasteiger charge is 2.33. The summed E-state index contributed by atoms with van der Waals surface area (Å²) in [7, 11) is 0. The van der Waals surface area contributed by atoms with Gasteiger partial charge in [-0.25, -0.2) is 0 Å². The largest absolute Gasteiger partial charge is 0.303 e. The average molecular weight is 222 g/mol. The van der Waals surface area contributed by atoms with E-state index < -0.39 is 0 Å². The van der Waals surface area contributed by atoms with Crippen molar-refractivity contribution in [2.45, 2.75) is 30.4 Å². The van der Waals surface area contributed by atoms with Gasteiger partial charge in [0.25, 0.3) is 0 Å². The van der Waals surface area contributed by atoms with Gasteiger partial charge in [-0.05, 0) is 32.1 Å². The van der Waals surface area contributed by atoms with E-state index in [1.807, 2.05) is 6.26 Å². The van der Waals surface area contributed by atoms with Gasteiger partial charge in [0.2, 0.25) is 0 Å². The van der Waals surface area contributed by atoms with E-state index in [4.69, 9.17) is 11.7 Å². The monoisotopic (exact) mass is 222 g/mol. The molecule has 0 bridgehead atoms. The first-order chi connectivity index (χ1) is 7.26. The fourth-order valence-corrected chi connectivity index (χ4v) is 2.59. The predicted molar refractivity (Wildman–Crippen MR) is 65.6 cm³/mol. The van der Waals surface area contributed by atoms with Gasteiger partial charge in [-0.2, -0.15) is 5.26 Å². The van der Waals surface area contributed by atoms with Crippen molar-refractivity contribution in [2.75, 3.05) is 25.9 Å². The molecule has 0 radical (unpaired) electrons. The van der Waals surface area contributed by atoms with Crippen LogP contribution in [0.4, 0.5) is 0 Å². The Morgan fingerprint density at radius 3 is 2.60 bits per heavy atom. The van der Waals surface area contributed by atoms with Gasteiger partial charge < -0.3 is 4.90 Å². The number of terminal acetylenes is 1. The zero-order chi connectivity index (χ0) is 11.1. The number of unbranched alkanes of at least 4 members (excludes halogenated alkanes) is 1. The maximum absolute atomic E-state index is 9.13. The summed E-state index contributed by atoms with van der Waals surface area (Å²) in [4.78, 5) is 2.42. The lowest BCUT2D eigenvalue weighted by Gasteiger charge is -2.36. The summed E-state index contributed by atoms with van der Waals surface area (Å²) in [6, 6.07) is 2.46. The molecule has 3 heteroatoms. The third-order valence-electron chi connectivity index (χ3n) is 3.05. The summed E-state index contributed by atoms with van der Waals surface area (Å²) in [5, 5.41) is 9.13. The lowest BCUT2D eigenvalue weighted by Crippen LogP contribution is -2.41. The first-order valence-corrected chi connectivity index (χ1v) is 6.61. The molecular formula is C12H18N2S. The molecule has 15 heavy (non-hydrogen) atoms. The highest BCUT2D eigenvalue weighted by Crippen LogP contribution is 2.33. The Labute approximate surface area is 97.0 Å². The molecular weight excluding hydrogens is 204 g/mol. The molecule has 1 rings (SSSR count). The van der Waals surface area contributed by atoms with Crippen LogP contribution in [0, 0.1) is 23.7 Å². The molecule has 0 aliphatic carbocycles. The Morgan fingerprint density at radius 1 is 1.47 bits per heavy atom. The van der Waals surface area contributed by atoms with Crippen molar-refractivity contribution in [3.05, 3.63) is 0 Å². The van der Waals surface area contributed by atoms with Crippen LogP contribution in [0.25, 0.3) is 0 Å². The van der Waals surface area contributed by atoms with Crippen molar-refractivity contribution in [3.63, 3.8) is 0 Å². The van der Waals surface area contributed by atoms with Crippen LogP contribution in [0.15, 0.2) is 0 Å². The summed E-state index contributed by atoms with van der Waals surface area (Å²) in [5.74, 6) is 2.66. The van der Waals surface area contributed by atoms with Gasteiger partial charge in [-0.15, -0.1) is 24.1 Å². The molecule has 0 unspecified atom stereocenters. The normalized spacial score (nSPS) is 20.5. The van der Waals surface area contributed by atoms with Crippen molar-refractivity contribution < 1.29 is 0 Å². The van der Waals surface area contributed by atoms with E-state index in [0.29, 0.717) is 0 Å². The number of hydrogen-bond donors (Lipinski definition) is 0. The van der Waals surface area contributed by atoms with Crippen molar-refractivity contribution in [2.24, 2.45) is 0 Å². The Morgan fingerprint density at radius 2 is 2.13 bits per heavy atom. The third-order valence-corrected chi connectivity index (χ3v) is 4.33. The second-order valence-electron chi connectivity index (χ2n) is 3.96. The zero-order valence-electron chi connectivity index (χ0n) is 9.33. The lowest BCUT2D eigenvalue weighted by atomic mass is 9.97. The van der Waals surface area contributed by atoms with Crippen molar-refractivity contribution in [1.82, 2.24) is 4.90 Å². The topological polar surface area (TPSA) is 27.0 Å². The lowest BCUT2D eigenvalue weighted by molar-refractivity contribution is 0.215. The summed E-state index contributed by atoms with van der Waals surface area (Å²) in [6.07, 6.45) is 11.2. The Bertz CT molecular complexity index is 266. The standard InChI is InChI=1S/C12H18N2S/c1-3-4-5-8-14-9-6-12(11-13,15-2)7-10-14/h1H,4-10H2,2H3. The van der Waals surface area contributed by atoms with Gasteiger partial charge in [0, 0.05) is 19.5 Å². The van der Waals surface area contributed by atoms with E-state index in [1.54, 1.807) is 11.8 Å². The maximum atomic E-state index is 9.13. The van der Waals surface area contributed by atoms with Gasteiger partial charge in [0.15, 0.2) is 0 Å². The van der Waals surface area contributed by atoms with E-state index in [9.17, 15) is 0 Å². The second kappa shape index (κ2) is 6.05. The average Bonchev–Trinajstić information content (AvgIpc) is 2.31. The fourth-order valence-electron chi connectivity index (χ4n) is 1.90. The van der Waals surface area contributed by atoms with Crippen LogP contribution < -0.4 is 0 Å². The van der Waals surface area contributed by atoms with Gasteiger partial charge in [-0.1, -0.05) is 0 Å². The van der Waals surface area contributed by atoms with E-state index in [2.05, 4.69) is 16.9 Å². The van der Waals surface area contributed by atoms with Crippen LogP contribution in [0.2, 0.25) is 0 Å². The number of nitrogens with zero attached hydrogens (tertiary/aromatic N) is 2. The van der Waals surface area contributed by atoms with Gasteiger partial charge >= 0.3 is 0 Å². The molecule has 1 aliphatic heterocycles. The predicted octanol–water partition coefficient (Wildman–Crippen LogP) is 2.12. The van der Waals surface area contributed by atoms with Crippen LogP contribution in [-0.2, 0) is 0 Å². The minimum absolute atomic E-state index is 0.122. The molecule has 0 amide bonds.